The van der Waals surface area contributed by atoms with Crippen molar-refractivity contribution in [2.75, 3.05) is 5.75 Å². The van der Waals surface area contributed by atoms with E-state index < -0.39 is 0 Å². The van der Waals surface area contributed by atoms with E-state index in [-0.39, 0.29) is 23.2 Å². The summed E-state index contributed by atoms with van der Waals surface area (Å²) in [6.07, 6.45) is 4.46. The number of thioether (sulfide) groups is 1. The first-order chi connectivity index (χ1) is 6.27. The molecule has 3 N–H and O–H groups in total. The number of rotatable bonds is 2. The number of hydrogen-bond acceptors (Lipinski definition) is 3. The molecule has 0 bridgehead atoms. The number of carbonyl (C=O) groups is 1. The molecule has 1 aliphatic heterocycles. The zero-order valence-corrected chi connectivity index (χ0v) is 8.48. The average molecular weight is 200 g/mol. The van der Waals surface area contributed by atoms with Gasteiger partial charge in [-0.1, -0.05) is 6.42 Å². The highest BCUT2D eigenvalue weighted by molar-refractivity contribution is 8.00. The molecule has 3 unspecified atom stereocenters. The molecule has 3 atom stereocenters. The molecule has 1 heterocycles. The molecular weight excluding hydrogens is 184 g/mol. The fourth-order valence-electron chi connectivity index (χ4n) is 1.60. The highest BCUT2D eigenvalue weighted by atomic mass is 32.2. The van der Waals surface area contributed by atoms with Crippen LogP contribution in [0.4, 0.5) is 0 Å². The van der Waals surface area contributed by atoms with E-state index in [2.05, 4.69) is 5.32 Å². The van der Waals surface area contributed by atoms with Crippen molar-refractivity contribution in [1.82, 2.24) is 5.32 Å². The third-order valence-corrected chi connectivity index (χ3v) is 4.02. The van der Waals surface area contributed by atoms with Crippen molar-refractivity contribution in [3.05, 3.63) is 0 Å². The second-order valence-electron chi connectivity index (χ2n) is 3.87. The summed E-state index contributed by atoms with van der Waals surface area (Å²) in [6, 6.07) is 0.493. The summed E-state index contributed by atoms with van der Waals surface area (Å²) in [4.78, 5) is 11.6. The molecule has 2 fully saturated rings. The Hall–Kier alpha value is -0.220. The molecule has 0 radical (unpaired) electrons. The molecule has 13 heavy (non-hydrogen) atoms. The number of amides is 1. The van der Waals surface area contributed by atoms with Crippen molar-refractivity contribution in [1.29, 1.82) is 0 Å². The van der Waals surface area contributed by atoms with Gasteiger partial charge in [0.05, 0.1) is 5.25 Å². The normalized spacial score (nSPS) is 38.4. The summed E-state index contributed by atoms with van der Waals surface area (Å²) in [5, 5.41) is 3.18. The molecule has 0 aromatic rings. The Labute approximate surface area is 82.8 Å². The quantitative estimate of drug-likeness (QED) is 0.682. The molecule has 2 rings (SSSR count). The van der Waals surface area contributed by atoms with Gasteiger partial charge in [0.2, 0.25) is 5.91 Å². The average Bonchev–Trinajstić information content (AvgIpc) is 2.83. The predicted octanol–water partition coefficient (Wildman–Crippen LogP) is 0.488. The summed E-state index contributed by atoms with van der Waals surface area (Å²) < 4.78 is 0. The van der Waals surface area contributed by atoms with Crippen LogP contribution in [0.3, 0.4) is 0 Å². The Balaban J connectivity index is 1.75. The number of carbonyl (C=O) groups excluding carboxylic acids is 1. The summed E-state index contributed by atoms with van der Waals surface area (Å²) in [6.45, 7) is 0. The molecule has 0 aromatic carbocycles. The van der Waals surface area contributed by atoms with Gasteiger partial charge in [0, 0.05) is 12.1 Å². The number of nitrogens with two attached hydrogens (primary N) is 1. The summed E-state index contributed by atoms with van der Waals surface area (Å²) in [7, 11) is 0. The largest absolute Gasteiger partial charge is 0.351 e. The molecule has 1 saturated heterocycles. The fourth-order valence-corrected chi connectivity index (χ4v) is 2.81. The van der Waals surface area contributed by atoms with E-state index in [4.69, 9.17) is 5.73 Å². The van der Waals surface area contributed by atoms with E-state index in [0.717, 1.165) is 18.6 Å². The van der Waals surface area contributed by atoms with Crippen LogP contribution in [0.2, 0.25) is 0 Å². The van der Waals surface area contributed by atoms with Gasteiger partial charge in [-0.3, -0.25) is 4.79 Å². The van der Waals surface area contributed by atoms with Crippen molar-refractivity contribution < 1.29 is 4.79 Å². The Morgan fingerprint density at radius 3 is 2.77 bits per heavy atom. The van der Waals surface area contributed by atoms with Crippen LogP contribution in [-0.2, 0) is 4.79 Å². The Bertz CT molecular complexity index is 204. The first-order valence-corrected chi connectivity index (χ1v) is 6.00. The SMILES string of the molecule is NC1CC1NC(=O)C1CCCCS1. The van der Waals surface area contributed by atoms with E-state index in [0.29, 0.717) is 0 Å². The van der Waals surface area contributed by atoms with E-state index in [9.17, 15) is 4.79 Å². The van der Waals surface area contributed by atoms with E-state index in [1.165, 1.54) is 12.8 Å². The van der Waals surface area contributed by atoms with E-state index in [1.54, 1.807) is 11.8 Å². The van der Waals surface area contributed by atoms with Crippen LogP contribution >= 0.6 is 11.8 Å². The van der Waals surface area contributed by atoms with Crippen LogP contribution in [0.1, 0.15) is 25.7 Å². The molecule has 1 aliphatic carbocycles. The van der Waals surface area contributed by atoms with Gasteiger partial charge < -0.3 is 11.1 Å². The maximum absolute atomic E-state index is 11.6. The van der Waals surface area contributed by atoms with Gasteiger partial charge in [-0.25, -0.2) is 0 Å². The molecule has 0 aromatic heterocycles. The van der Waals surface area contributed by atoms with Gasteiger partial charge in [-0.2, -0.15) is 0 Å². The lowest BCUT2D eigenvalue weighted by Gasteiger charge is -2.20. The minimum absolute atomic E-state index is 0.196. The van der Waals surface area contributed by atoms with Crippen LogP contribution in [0, 0.1) is 0 Å². The standard InChI is InChI=1S/C9H16N2OS/c10-6-5-7(6)11-9(12)8-3-1-2-4-13-8/h6-8H,1-5,10H2,(H,11,12). The van der Waals surface area contributed by atoms with Crippen LogP contribution < -0.4 is 11.1 Å². The van der Waals surface area contributed by atoms with Crippen molar-refractivity contribution >= 4 is 17.7 Å². The third-order valence-electron chi connectivity index (χ3n) is 2.64. The zero-order valence-electron chi connectivity index (χ0n) is 7.66. The molecule has 74 valence electrons. The maximum atomic E-state index is 11.6. The molecule has 2 aliphatic rings. The molecule has 4 heteroatoms. The maximum Gasteiger partial charge on any atom is 0.233 e. The second kappa shape index (κ2) is 3.88. The minimum atomic E-state index is 0.196. The Morgan fingerprint density at radius 1 is 1.46 bits per heavy atom. The summed E-state index contributed by atoms with van der Waals surface area (Å²) in [5.74, 6) is 1.34. The van der Waals surface area contributed by atoms with Crippen LogP contribution in [-0.4, -0.2) is 29.0 Å². The highest BCUT2D eigenvalue weighted by Gasteiger charge is 2.36. The molecular formula is C9H16N2OS. The second-order valence-corrected chi connectivity index (χ2v) is 5.18. The lowest BCUT2D eigenvalue weighted by Crippen LogP contribution is -2.37. The first-order valence-electron chi connectivity index (χ1n) is 4.95. The monoisotopic (exact) mass is 200 g/mol. The molecule has 0 spiro atoms. The van der Waals surface area contributed by atoms with Crippen LogP contribution in [0.25, 0.3) is 0 Å². The highest BCUT2D eigenvalue weighted by Crippen LogP contribution is 2.26. The van der Waals surface area contributed by atoms with Gasteiger partial charge in [0.1, 0.15) is 0 Å². The Kier molecular flexibility index (Phi) is 2.79. The molecule has 1 saturated carbocycles. The number of hydrogen-bond donors (Lipinski definition) is 2. The van der Waals surface area contributed by atoms with Gasteiger partial charge >= 0.3 is 0 Å². The van der Waals surface area contributed by atoms with Crippen molar-refractivity contribution in [3.8, 4) is 0 Å². The lowest BCUT2D eigenvalue weighted by atomic mass is 10.2. The summed E-state index contributed by atoms with van der Waals surface area (Å²) >= 11 is 1.79. The van der Waals surface area contributed by atoms with Gasteiger partial charge in [0.15, 0.2) is 0 Å². The van der Waals surface area contributed by atoms with Crippen LogP contribution in [0.5, 0.6) is 0 Å². The fraction of sp³-hybridized carbons (Fsp3) is 0.889. The first kappa shape index (κ1) is 9.34. The van der Waals surface area contributed by atoms with Crippen molar-refractivity contribution in [2.24, 2.45) is 5.73 Å². The molecule has 3 nitrogen and oxygen atoms in total. The van der Waals surface area contributed by atoms with Gasteiger partial charge in [-0.15, -0.1) is 11.8 Å². The van der Waals surface area contributed by atoms with Crippen LogP contribution in [0.15, 0.2) is 0 Å². The topological polar surface area (TPSA) is 55.1 Å². The predicted molar refractivity (Wildman–Crippen MR) is 54.6 cm³/mol. The Morgan fingerprint density at radius 2 is 2.23 bits per heavy atom. The smallest absolute Gasteiger partial charge is 0.233 e. The lowest BCUT2D eigenvalue weighted by molar-refractivity contribution is -0.120. The van der Waals surface area contributed by atoms with Gasteiger partial charge in [-0.05, 0) is 25.0 Å². The van der Waals surface area contributed by atoms with E-state index in [1.807, 2.05) is 0 Å². The van der Waals surface area contributed by atoms with Crippen molar-refractivity contribution in [3.63, 3.8) is 0 Å². The molecule has 1 amide bonds. The van der Waals surface area contributed by atoms with E-state index >= 15 is 0 Å². The van der Waals surface area contributed by atoms with Gasteiger partial charge in [0.25, 0.3) is 0 Å². The zero-order chi connectivity index (χ0) is 9.26. The summed E-state index contributed by atoms with van der Waals surface area (Å²) in [5.41, 5.74) is 5.62. The third kappa shape index (κ3) is 2.38. The van der Waals surface area contributed by atoms with Crippen molar-refractivity contribution in [2.45, 2.75) is 43.0 Å². The number of nitrogens with one attached hydrogen (secondary N) is 1. The minimum Gasteiger partial charge on any atom is -0.351 e.